The van der Waals surface area contributed by atoms with Gasteiger partial charge in [-0.15, -0.1) is 0 Å². The summed E-state index contributed by atoms with van der Waals surface area (Å²) >= 11 is 0. The molecule has 2 aliphatic rings. The highest BCUT2D eigenvalue weighted by atomic mass is 15.3. The van der Waals surface area contributed by atoms with Crippen LogP contribution in [0.2, 0.25) is 0 Å². The van der Waals surface area contributed by atoms with Gasteiger partial charge in [0.25, 0.3) is 0 Å². The van der Waals surface area contributed by atoms with E-state index in [1.807, 2.05) is 4.68 Å². The minimum absolute atomic E-state index is 0.792. The fraction of sp³-hybridized carbons (Fsp3) is 0.800. The lowest BCUT2D eigenvalue weighted by Gasteiger charge is -2.49. The van der Waals surface area contributed by atoms with Crippen molar-refractivity contribution < 1.29 is 0 Å². The van der Waals surface area contributed by atoms with E-state index in [-0.39, 0.29) is 0 Å². The molecule has 1 aromatic rings. The Hall–Kier alpha value is -0.870. The van der Waals surface area contributed by atoms with Gasteiger partial charge in [-0.05, 0) is 39.3 Å². The number of aryl methyl sites for hydroxylation is 1. The molecule has 1 aromatic heterocycles. The molecule has 2 saturated heterocycles. The van der Waals surface area contributed by atoms with Crippen molar-refractivity contribution in [2.24, 2.45) is 0 Å². The molecule has 1 atom stereocenters. The quantitative estimate of drug-likeness (QED) is 0.829. The fourth-order valence-electron chi connectivity index (χ4n) is 3.44. The highest BCUT2D eigenvalue weighted by Crippen LogP contribution is 2.25. The van der Waals surface area contributed by atoms with Gasteiger partial charge in [0.05, 0.1) is 5.69 Å². The summed E-state index contributed by atoms with van der Waals surface area (Å²) in [5.74, 6) is 0. The van der Waals surface area contributed by atoms with E-state index >= 15 is 0 Å². The SMILES string of the molecule is CCn1ccc(CN2CC(N3CCCCC3C)C2)n1. The van der Waals surface area contributed by atoms with Gasteiger partial charge in [-0.2, -0.15) is 5.10 Å². The molecule has 0 radical (unpaired) electrons. The molecule has 0 amide bonds. The Kier molecular flexibility index (Phi) is 3.89. The van der Waals surface area contributed by atoms with E-state index in [0.29, 0.717) is 0 Å². The van der Waals surface area contributed by atoms with E-state index < -0.39 is 0 Å². The molecule has 106 valence electrons. The van der Waals surface area contributed by atoms with Gasteiger partial charge in [0.2, 0.25) is 0 Å². The number of piperidine rings is 1. The van der Waals surface area contributed by atoms with Crippen LogP contribution in [0.5, 0.6) is 0 Å². The Bertz CT molecular complexity index is 408. The lowest BCUT2D eigenvalue weighted by Crippen LogP contribution is -2.61. The summed E-state index contributed by atoms with van der Waals surface area (Å²) in [5, 5.41) is 4.56. The Balaban J connectivity index is 1.47. The highest BCUT2D eigenvalue weighted by Gasteiger charge is 2.35. The summed E-state index contributed by atoms with van der Waals surface area (Å²) < 4.78 is 2.01. The van der Waals surface area contributed by atoms with Gasteiger partial charge in [0.1, 0.15) is 0 Å². The molecule has 3 rings (SSSR count). The zero-order chi connectivity index (χ0) is 13.2. The molecule has 4 heteroatoms. The van der Waals surface area contributed by atoms with Crippen LogP contribution in [-0.2, 0) is 13.1 Å². The number of hydrogen-bond donors (Lipinski definition) is 0. The van der Waals surface area contributed by atoms with Crippen LogP contribution in [0.3, 0.4) is 0 Å². The van der Waals surface area contributed by atoms with Gasteiger partial charge in [0.15, 0.2) is 0 Å². The third kappa shape index (κ3) is 2.84. The van der Waals surface area contributed by atoms with Crippen LogP contribution in [0.1, 0.15) is 38.8 Å². The van der Waals surface area contributed by atoms with Crippen LogP contribution in [0, 0.1) is 0 Å². The van der Waals surface area contributed by atoms with Crippen molar-refractivity contribution in [2.75, 3.05) is 19.6 Å². The zero-order valence-electron chi connectivity index (χ0n) is 12.3. The summed E-state index contributed by atoms with van der Waals surface area (Å²) in [4.78, 5) is 5.25. The number of aromatic nitrogens is 2. The predicted octanol–water partition coefficient (Wildman–Crippen LogP) is 1.96. The molecule has 0 aliphatic carbocycles. The monoisotopic (exact) mass is 262 g/mol. The third-order valence-electron chi connectivity index (χ3n) is 4.67. The third-order valence-corrected chi connectivity index (χ3v) is 4.67. The lowest BCUT2D eigenvalue weighted by molar-refractivity contribution is -0.00681. The second-order valence-electron chi connectivity index (χ2n) is 6.09. The maximum atomic E-state index is 4.56. The molecule has 3 heterocycles. The standard InChI is InChI=1S/C15H26N4/c1-3-18-9-7-14(16-18)10-17-11-15(12-17)19-8-5-4-6-13(19)2/h7,9,13,15H,3-6,8,10-12H2,1-2H3. The summed E-state index contributed by atoms with van der Waals surface area (Å²) in [7, 11) is 0. The van der Waals surface area contributed by atoms with Crippen molar-refractivity contribution in [1.29, 1.82) is 0 Å². The fourth-order valence-corrected chi connectivity index (χ4v) is 3.44. The van der Waals surface area contributed by atoms with E-state index in [2.05, 4.69) is 41.0 Å². The smallest absolute Gasteiger partial charge is 0.0764 e. The van der Waals surface area contributed by atoms with Gasteiger partial charge in [-0.25, -0.2) is 0 Å². The van der Waals surface area contributed by atoms with Crippen LogP contribution in [0.25, 0.3) is 0 Å². The molecule has 0 spiro atoms. The van der Waals surface area contributed by atoms with E-state index in [0.717, 1.165) is 25.2 Å². The van der Waals surface area contributed by atoms with Crippen molar-refractivity contribution in [3.63, 3.8) is 0 Å². The Labute approximate surface area is 116 Å². The largest absolute Gasteiger partial charge is 0.295 e. The molecule has 0 bridgehead atoms. The maximum Gasteiger partial charge on any atom is 0.0764 e. The van der Waals surface area contributed by atoms with E-state index in [1.54, 1.807) is 0 Å². The molecule has 4 nitrogen and oxygen atoms in total. The molecule has 2 fully saturated rings. The minimum atomic E-state index is 0.792. The number of hydrogen-bond acceptors (Lipinski definition) is 3. The van der Waals surface area contributed by atoms with E-state index in [4.69, 9.17) is 0 Å². The van der Waals surface area contributed by atoms with Crippen LogP contribution in [0.4, 0.5) is 0 Å². The first-order chi connectivity index (χ1) is 9.26. The van der Waals surface area contributed by atoms with Crippen LogP contribution >= 0.6 is 0 Å². The van der Waals surface area contributed by atoms with Gasteiger partial charge in [-0.3, -0.25) is 14.5 Å². The van der Waals surface area contributed by atoms with Crippen molar-refractivity contribution in [1.82, 2.24) is 19.6 Å². The van der Waals surface area contributed by atoms with Gasteiger partial charge in [0, 0.05) is 44.5 Å². The first kappa shape index (κ1) is 13.1. The Morgan fingerprint density at radius 1 is 1.32 bits per heavy atom. The second-order valence-corrected chi connectivity index (χ2v) is 6.09. The van der Waals surface area contributed by atoms with Crippen molar-refractivity contribution in [3.8, 4) is 0 Å². The summed E-state index contributed by atoms with van der Waals surface area (Å²) in [6, 6.07) is 3.74. The van der Waals surface area contributed by atoms with Crippen molar-refractivity contribution in [2.45, 2.75) is 58.3 Å². The zero-order valence-corrected chi connectivity index (χ0v) is 12.3. The molecule has 19 heavy (non-hydrogen) atoms. The van der Waals surface area contributed by atoms with Crippen molar-refractivity contribution >= 4 is 0 Å². The molecular weight excluding hydrogens is 236 g/mol. The average Bonchev–Trinajstić information content (AvgIpc) is 2.82. The van der Waals surface area contributed by atoms with Gasteiger partial charge >= 0.3 is 0 Å². The molecular formula is C15H26N4. The summed E-state index contributed by atoms with van der Waals surface area (Å²) in [6.45, 7) is 10.3. The molecule has 0 aromatic carbocycles. The second kappa shape index (κ2) is 5.63. The first-order valence-electron chi connectivity index (χ1n) is 7.76. The summed E-state index contributed by atoms with van der Waals surface area (Å²) in [6.07, 6.45) is 6.28. The average molecular weight is 262 g/mol. The maximum absolute atomic E-state index is 4.56. The van der Waals surface area contributed by atoms with E-state index in [9.17, 15) is 0 Å². The van der Waals surface area contributed by atoms with Gasteiger partial charge < -0.3 is 0 Å². The lowest BCUT2D eigenvalue weighted by atomic mass is 9.97. The number of nitrogens with zero attached hydrogens (tertiary/aromatic N) is 4. The van der Waals surface area contributed by atoms with Crippen LogP contribution < -0.4 is 0 Å². The van der Waals surface area contributed by atoms with Crippen LogP contribution in [0.15, 0.2) is 12.3 Å². The van der Waals surface area contributed by atoms with Crippen LogP contribution in [-0.4, -0.2) is 51.3 Å². The van der Waals surface area contributed by atoms with Crippen molar-refractivity contribution in [3.05, 3.63) is 18.0 Å². The first-order valence-corrected chi connectivity index (χ1v) is 7.76. The Morgan fingerprint density at radius 3 is 2.84 bits per heavy atom. The molecule has 1 unspecified atom stereocenters. The predicted molar refractivity (Wildman–Crippen MR) is 77.0 cm³/mol. The Morgan fingerprint density at radius 2 is 2.16 bits per heavy atom. The molecule has 0 N–H and O–H groups in total. The highest BCUT2D eigenvalue weighted by molar-refractivity contribution is 5.02. The van der Waals surface area contributed by atoms with Gasteiger partial charge in [-0.1, -0.05) is 6.42 Å². The minimum Gasteiger partial charge on any atom is -0.295 e. The molecule has 0 saturated carbocycles. The topological polar surface area (TPSA) is 24.3 Å². The number of likely N-dealkylation sites (tertiary alicyclic amines) is 2. The molecule has 2 aliphatic heterocycles. The normalized spacial score (nSPS) is 26.5. The van der Waals surface area contributed by atoms with E-state index in [1.165, 1.54) is 44.6 Å². The summed E-state index contributed by atoms with van der Waals surface area (Å²) in [5.41, 5.74) is 1.21. The number of rotatable bonds is 4.